The SMILES string of the molecule is O=[N+]([O-])c1cc(O)c2cccc([N+](=O)[O-])c2c1. The molecule has 2 aromatic rings. The first-order chi connectivity index (χ1) is 8.00. The van der Waals surface area contributed by atoms with Gasteiger partial charge in [0.1, 0.15) is 5.75 Å². The van der Waals surface area contributed by atoms with Crippen LogP contribution in [0.4, 0.5) is 11.4 Å². The zero-order valence-electron chi connectivity index (χ0n) is 8.36. The minimum absolute atomic E-state index is 0.0456. The molecule has 0 fully saturated rings. The fourth-order valence-electron chi connectivity index (χ4n) is 1.60. The quantitative estimate of drug-likeness (QED) is 0.633. The number of nitro groups is 2. The van der Waals surface area contributed by atoms with E-state index >= 15 is 0 Å². The van der Waals surface area contributed by atoms with Crippen molar-refractivity contribution in [3.05, 3.63) is 50.6 Å². The Balaban J connectivity index is 2.88. The summed E-state index contributed by atoms with van der Waals surface area (Å²) in [7, 11) is 0. The molecule has 0 aliphatic rings. The van der Waals surface area contributed by atoms with Crippen LogP contribution in [0.2, 0.25) is 0 Å². The number of rotatable bonds is 2. The topological polar surface area (TPSA) is 107 Å². The second kappa shape index (κ2) is 3.71. The second-order valence-corrected chi connectivity index (χ2v) is 3.35. The van der Waals surface area contributed by atoms with Crippen molar-refractivity contribution in [2.24, 2.45) is 0 Å². The molecule has 0 aliphatic heterocycles. The Morgan fingerprint density at radius 1 is 1.00 bits per heavy atom. The van der Waals surface area contributed by atoms with Gasteiger partial charge in [-0.25, -0.2) is 0 Å². The van der Waals surface area contributed by atoms with Gasteiger partial charge in [-0.05, 0) is 0 Å². The number of nitrogens with zero attached hydrogens (tertiary/aromatic N) is 2. The summed E-state index contributed by atoms with van der Waals surface area (Å²) in [5.41, 5.74) is -0.661. The van der Waals surface area contributed by atoms with E-state index in [4.69, 9.17) is 0 Å². The summed E-state index contributed by atoms with van der Waals surface area (Å²) in [5, 5.41) is 31.2. The van der Waals surface area contributed by atoms with Crippen LogP contribution in [-0.2, 0) is 0 Å². The molecule has 0 bridgehead atoms. The fraction of sp³-hybridized carbons (Fsp3) is 0. The molecule has 0 radical (unpaired) electrons. The first kappa shape index (κ1) is 10.8. The molecule has 0 aliphatic carbocycles. The summed E-state index contributed by atoms with van der Waals surface area (Å²) >= 11 is 0. The lowest BCUT2D eigenvalue weighted by Gasteiger charge is -2.02. The Bertz CT molecular complexity index is 638. The summed E-state index contributed by atoms with van der Waals surface area (Å²) < 4.78 is 0. The molecule has 0 saturated carbocycles. The normalized spacial score (nSPS) is 10.4. The maximum Gasteiger partial charge on any atom is 0.277 e. The minimum atomic E-state index is -0.712. The van der Waals surface area contributed by atoms with Crippen molar-refractivity contribution in [2.75, 3.05) is 0 Å². The number of aromatic hydroxyl groups is 1. The molecule has 2 rings (SSSR count). The third kappa shape index (κ3) is 1.73. The number of benzene rings is 2. The Morgan fingerprint density at radius 3 is 2.29 bits per heavy atom. The van der Waals surface area contributed by atoms with Gasteiger partial charge in [-0.3, -0.25) is 20.2 Å². The number of fused-ring (bicyclic) bond motifs is 1. The number of phenols is 1. The van der Waals surface area contributed by atoms with E-state index in [1.807, 2.05) is 0 Å². The Morgan fingerprint density at radius 2 is 1.71 bits per heavy atom. The van der Waals surface area contributed by atoms with E-state index in [1.54, 1.807) is 0 Å². The van der Waals surface area contributed by atoms with Crippen molar-refractivity contribution in [1.29, 1.82) is 0 Å². The van der Waals surface area contributed by atoms with Crippen LogP contribution in [-0.4, -0.2) is 15.0 Å². The molecule has 0 amide bonds. The molecule has 7 heteroatoms. The lowest BCUT2D eigenvalue weighted by Crippen LogP contribution is -1.92. The van der Waals surface area contributed by atoms with Crippen molar-refractivity contribution in [2.45, 2.75) is 0 Å². The van der Waals surface area contributed by atoms with E-state index in [-0.39, 0.29) is 27.9 Å². The summed E-state index contributed by atoms with van der Waals surface area (Å²) in [6.45, 7) is 0. The molecule has 17 heavy (non-hydrogen) atoms. The van der Waals surface area contributed by atoms with Crippen LogP contribution in [0.1, 0.15) is 0 Å². The number of hydrogen-bond acceptors (Lipinski definition) is 5. The molecular weight excluding hydrogens is 228 g/mol. The van der Waals surface area contributed by atoms with Gasteiger partial charge in [0.2, 0.25) is 0 Å². The molecule has 0 saturated heterocycles. The number of non-ortho nitro benzene ring substituents is 2. The van der Waals surface area contributed by atoms with Gasteiger partial charge in [-0.15, -0.1) is 0 Å². The molecular formula is C10H6N2O5. The van der Waals surface area contributed by atoms with Gasteiger partial charge in [-0.1, -0.05) is 12.1 Å². The van der Waals surface area contributed by atoms with Gasteiger partial charge in [0.05, 0.1) is 21.3 Å². The molecule has 7 nitrogen and oxygen atoms in total. The summed E-state index contributed by atoms with van der Waals surface area (Å²) in [4.78, 5) is 20.0. The highest BCUT2D eigenvalue weighted by atomic mass is 16.6. The van der Waals surface area contributed by atoms with Crippen molar-refractivity contribution in [3.8, 4) is 5.75 Å². The molecule has 0 spiro atoms. The Hall–Kier alpha value is -2.70. The van der Waals surface area contributed by atoms with Crippen LogP contribution in [0.5, 0.6) is 5.75 Å². The molecule has 0 aromatic heterocycles. The lowest BCUT2D eigenvalue weighted by molar-refractivity contribution is -0.386. The zero-order chi connectivity index (χ0) is 12.6. The second-order valence-electron chi connectivity index (χ2n) is 3.35. The van der Waals surface area contributed by atoms with Crippen molar-refractivity contribution in [3.63, 3.8) is 0 Å². The summed E-state index contributed by atoms with van der Waals surface area (Å²) in [6, 6.07) is 6.14. The third-order valence-electron chi connectivity index (χ3n) is 2.34. The van der Waals surface area contributed by atoms with Crippen molar-refractivity contribution >= 4 is 22.1 Å². The van der Waals surface area contributed by atoms with Crippen molar-refractivity contribution in [1.82, 2.24) is 0 Å². The van der Waals surface area contributed by atoms with Gasteiger partial charge < -0.3 is 5.11 Å². The smallest absolute Gasteiger partial charge is 0.277 e. The van der Waals surface area contributed by atoms with Crippen LogP contribution in [0.3, 0.4) is 0 Å². The zero-order valence-corrected chi connectivity index (χ0v) is 8.36. The van der Waals surface area contributed by atoms with E-state index in [0.29, 0.717) is 0 Å². The average molecular weight is 234 g/mol. The molecule has 0 heterocycles. The maximum atomic E-state index is 10.8. The predicted molar refractivity (Wildman–Crippen MR) is 58.9 cm³/mol. The van der Waals surface area contributed by atoms with Gasteiger partial charge in [0, 0.05) is 17.5 Å². The molecule has 1 N–H and O–H groups in total. The van der Waals surface area contributed by atoms with Gasteiger partial charge >= 0.3 is 0 Å². The molecule has 0 unspecified atom stereocenters. The average Bonchev–Trinajstić information content (AvgIpc) is 2.27. The van der Waals surface area contributed by atoms with E-state index in [2.05, 4.69) is 0 Å². The van der Waals surface area contributed by atoms with E-state index in [1.165, 1.54) is 18.2 Å². The monoisotopic (exact) mass is 234 g/mol. The van der Waals surface area contributed by atoms with E-state index in [0.717, 1.165) is 12.1 Å². The summed E-state index contributed by atoms with van der Waals surface area (Å²) in [5.74, 6) is -0.349. The maximum absolute atomic E-state index is 10.8. The lowest BCUT2D eigenvalue weighted by atomic mass is 10.1. The Labute approximate surface area is 94.2 Å². The first-order valence-corrected chi connectivity index (χ1v) is 4.55. The van der Waals surface area contributed by atoms with Gasteiger partial charge in [0.15, 0.2) is 0 Å². The molecule has 2 aromatic carbocycles. The van der Waals surface area contributed by atoms with E-state index in [9.17, 15) is 25.3 Å². The van der Waals surface area contributed by atoms with Crippen molar-refractivity contribution < 1.29 is 15.0 Å². The summed E-state index contributed by atoms with van der Waals surface area (Å²) in [6.07, 6.45) is 0. The van der Waals surface area contributed by atoms with Crippen LogP contribution in [0.25, 0.3) is 10.8 Å². The number of hydrogen-bond donors (Lipinski definition) is 1. The minimum Gasteiger partial charge on any atom is -0.507 e. The highest BCUT2D eigenvalue weighted by Crippen LogP contribution is 2.35. The van der Waals surface area contributed by atoms with Crippen LogP contribution < -0.4 is 0 Å². The number of nitro benzene ring substituents is 2. The molecule has 86 valence electrons. The van der Waals surface area contributed by atoms with Gasteiger partial charge in [-0.2, -0.15) is 0 Å². The predicted octanol–water partition coefficient (Wildman–Crippen LogP) is 2.36. The van der Waals surface area contributed by atoms with Crippen LogP contribution >= 0.6 is 0 Å². The largest absolute Gasteiger partial charge is 0.507 e. The van der Waals surface area contributed by atoms with Crippen LogP contribution in [0, 0.1) is 20.2 Å². The first-order valence-electron chi connectivity index (χ1n) is 4.55. The standard InChI is InChI=1S/C10H6N2O5/c13-10-5-6(11(14)15)4-8-7(10)2-1-3-9(8)12(16)17/h1-5,13H. The highest BCUT2D eigenvalue weighted by molar-refractivity contribution is 5.96. The van der Waals surface area contributed by atoms with E-state index < -0.39 is 9.85 Å². The number of phenolic OH excluding ortho intramolecular Hbond substituents is 1. The fourth-order valence-corrected chi connectivity index (χ4v) is 1.60. The third-order valence-corrected chi connectivity index (χ3v) is 2.34. The van der Waals surface area contributed by atoms with Gasteiger partial charge in [0.25, 0.3) is 11.4 Å². The Kier molecular flexibility index (Phi) is 2.36. The highest BCUT2D eigenvalue weighted by Gasteiger charge is 2.18. The van der Waals surface area contributed by atoms with Crippen LogP contribution in [0.15, 0.2) is 30.3 Å². The molecule has 0 atom stereocenters.